The highest BCUT2D eigenvalue weighted by Crippen LogP contribution is 2.48. The van der Waals surface area contributed by atoms with Gasteiger partial charge in [-0.05, 0) is 37.5 Å². The molecule has 2 aliphatic rings. The summed E-state index contributed by atoms with van der Waals surface area (Å²) in [6, 6.07) is 8.20. The van der Waals surface area contributed by atoms with E-state index in [2.05, 4.69) is 17.2 Å². The van der Waals surface area contributed by atoms with Crippen LogP contribution < -0.4 is 0 Å². The largest absolute Gasteiger partial charge is 0.372 e. The van der Waals surface area contributed by atoms with Crippen molar-refractivity contribution in [2.24, 2.45) is 0 Å². The van der Waals surface area contributed by atoms with Gasteiger partial charge in [0.15, 0.2) is 0 Å². The van der Waals surface area contributed by atoms with E-state index in [1.807, 2.05) is 24.0 Å². The lowest BCUT2D eigenvalue weighted by atomic mass is 9.74. The number of ether oxygens (including phenoxy) is 1. The first kappa shape index (κ1) is 18.5. The Morgan fingerprint density at radius 3 is 2.74 bits per heavy atom. The fourth-order valence-electron chi connectivity index (χ4n) is 4.59. The second-order valence-corrected chi connectivity index (χ2v) is 7.96. The monoisotopic (exact) mass is 387 g/mol. The van der Waals surface area contributed by atoms with Crippen LogP contribution in [-0.4, -0.2) is 40.8 Å². The van der Waals surface area contributed by atoms with Crippen molar-refractivity contribution in [3.8, 4) is 0 Å². The Kier molecular flexibility index (Phi) is 5.24. The Bertz CT molecular complexity index is 809. The molecule has 0 saturated heterocycles. The van der Waals surface area contributed by atoms with E-state index in [9.17, 15) is 4.79 Å². The number of nitrogens with zero attached hydrogens (tertiary/aromatic N) is 2. The molecule has 0 radical (unpaired) electrons. The molecule has 0 spiro atoms. The first-order valence-corrected chi connectivity index (χ1v) is 10.2. The van der Waals surface area contributed by atoms with E-state index in [1.54, 1.807) is 0 Å². The maximum Gasteiger partial charge on any atom is 0.248 e. The summed E-state index contributed by atoms with van der Waals surface area (Å²) < 4.78 is 5.32. The van der Waals surface area contributed by atoms with Crippen LogP contribution in [0.3, 0.4) is 0 Å². The molecule has 1 aliphatic heterocycles. The predicted molar refractivity (Wildman–Crippen MR) is 105 cm³/mol. The lowest BCUT2D eigenvalue weighted by Crippen LogP contribution is -2.39. The molecule has 6 heteroatoms. The second kappa shape index (κ2) is 7.64. The molecular weight excluding hydrogens is 362 g/mol. The second-order valence-electron chi connectivity index (χ2n) is 7.53. The summed E-state index contributed by atoms with van der Waals surface area (Å²) >= 11 is 6.12. The molecule has 0 atom stereocenters. The third-order valence-electron chi connectivity index (χ3n) is 6.02. The summed E-state index contributed by atoms with van der Waals surface area (Å²) in [7, 11) is 0. The molecule has 2 aromatic rings. The maximum atomic E-state index is 12.5. The van der Waals surface area contributed by atoms with Gasteiger partial charge in [0.05, 0.1) is 5.69 Å². The number of H-pyrrole nitrogens is 1. The van der Waals surface area contributed by atoms with Gasteiger partial charge >= 0.3 is 0 Å². The fourth-order valence-corrected chi connectivity index (χ4v) is 4.72. The van der Waals surface area contributed by atoms with Crippen molar-refractivity contribution >= 4 is 17.5 Å². The zero-order chi connectivity index (χ0) is 18.9. The minimum Gasteiger partial charge on any atom is -0.372 e. The van der Waals surface area contributed by atoms with E-state index in [1.165, 1.54) is 29.7 Å². The van der Waals surface area contributed by atoms with Crippen LogP contribution in [0.4, 0.5) is 0 Å². The van der Waals surface area contributed by atoms with Gasteiger partial charge in [0.25, 0.3) is 0 Å². The third-order valence-corrected chi connectivity index (χ3v) is 6.28. The fraction of sp³-hybridized carbons (Fsp3) is 0.524. The van der Waals surface area contributed by atoms with Crippen LogP contribution in [0.1, 0.15) is 55.1 Å². The number of halogens is 1. The van der Waals surface area contributed by atoms with Gasteiger partial charge in [0, 0.05) is 47.8 Å². The van der Waals surface area contributed by atoms with Crippen LogP contribution in [0.25, 0.3) is 0 Å². The molecule has 1 aliphatic carbocycles. The van der Waals surface area contributed by atoms with E-state index in [0.29, 0.717) is 19.7 Å². The standard InChI is InChI=1S/C21H26ClN3O2/c1-2-27-14-19(26)25-12-9-18-17(13-25)20(24-23-18)21(10-3-4-11-21)15-5-7-16(22)8-6-15/h5-8H,2-4,9-14H2,1H3,(H,23,24). The highest BCUT2D eigenvalue weighted by atomic mass is 35.5. The molecule has 144 valence electrons. The SMILES string of the molecule is CCOCC(=O)N1CCc2[nH]nc(C3(c4ccc(Cl)cc4)CCCC3)c2C1. The van der Waals surface area contributed by atoms with Crippen LogP contribution in [0.5, 0.6) is 0 Å². The van der Waals surface area contributed by atoms with Gasteiger partial charge in [-0.15, -0.1) is 0 Å². The van der Waals surface area contributed by atoms with E-state index >= 15 is 0 Å². The van der Waals surface area contributed by atoms with Crippen LogP contribution in [0.15, 0.2) is 24.3 Å². The van der Waals surface area contributed by atoms with Crippen molar-refractivity contribution < 1.29 is 9.53 Å². The van der Waals surface area contributed by atoms with E-state index in [-0.39, 0.29) is 17.9 Å². The average molecular weight is 388 g/mol. The Hall–Kier alpha value is -1.85. The predicted octanol–water partition coefficient (Wildman–Crippen LogP) is 3.84. The Balaban J connectivity index is 1.67. The lowest BCUT2D eigenvalue weighted by Gasteiger charge is -2.32. The molecule has 1 fully saturated rings. The van der Waals surface area contributed by atoms with Crippen molar-refractivity contribution in [2.45, 2.75) is 51.0 Å². The number of amides is 1. The average Bonchev–Trinajstić information content (AvgIpc) is 3.33. The summed E-state index contributed by atoms with van der Waals surface area (Å²) in [5.74, 6) is 0.0571. The molecule has 1 saturated carbocycles. The van der Waals surface area contributed by atoms with Crippen molar-refractivity contribution in [1.82, 2.24) is 15.1 Å². The third kappa shape index (κ3) is 3.39. The van der Waals surface area contributed by atoms with Gasteiger partial charge in [0.2, 0.25) is 5.91 Å². The molecule has 2 heterocycles. The first-order chi connectivity index (χ1) is 13.1. The van der Waals surface area contributed by atoms with Crippen molar-refractivity contribution in [3.05, 3.63) is 51.8 Å². The normalized spacial score (nSPS) is 18.5. The molecule has 5 nitrogen and oxygen atoms in total. The van der Waals surface area contributed by atoms with E-state index < -0.39 is 0 Å². The number of carbonyl (C=O) groups excluding carboxylic acids is 1. The van der Waals surface area contributed by atoms with Crippen LogP contribution in [-0.2, 0) is 27.9 Å². The molecule has 1 aromatic carbocycles. The topological polar surface area (TPSA) is 58.2 Å². The number of nitrogens with one attached hydrogen (secondary N) is 1. The Labute approximate surface area is 165 Å². The molecule has 0 unspecified atom stereocenters. The lowest BCUT2D eigenvalue weighted by molar-refractivity contribution is -0.136. The molecular formula is C21H26ClN3O2. The quantitative estimate of drug-likeness (QED) is 0.847. The number of fused-ring (bicyclic) bond motifs is 1. The summed E-state index contributed by atoms with van der Waals surface area (Å²) in [5, 5.41) is 8.80. The number of hydrogen-bond acceptors (Lipinski definition) is 3. The van der Waals surface area contributed by atoms with Crippen molar-refractivity contribution in [3.63, 3.8) is 0 Å². The zero-order valence-electron chi connectivity index (χ0n) is 15.8. The van der Waals surface area contributed by atoms with Gasteiger partial charge in [-0.1, -0.05) is 36.6 Å². The number of carbonyl (C=O) groups is 1. The first-order valence-electron chi connectivity index (χ1n) is 9.82. The van der Waals surface area contributed by atoms with Gasteiger partial charge < -0.3 is 9.64 Å². The molecule has 0 bridgehead atoms. The molecule has 27 heavy (non-hydrogen) atoms. The highest BCUT2D eigenvalue weighted by Gasteiger charge is 2.42. The summed E-state index contributed by atoms with van der Waals surface area (Å²) in [6.45, 7) is 3.95. The summed E-state index contributed by atoms with van der Waals surface area (Å²) in [6.07, 6.45) is 5.36. The van der Waals surface area contributed by atoms with Gasteiger partial charge in [0.1, 0.15) is 6.61 Å². The smallest absolute Gasteiger partial charge is 0.248 e. The number of aromatic amines is 1. The number of hydrogen-bond donors (Lipinski definition) is 1. The van der Waals surface area contributed by atoms with Gasteiger partial charge in [-0.3, -0.25) is 9.89 Å². The molecule has 1 amide bonds. The summed E-state index contributed by atoms with van der Waals surface area (Å²) in [5.41, 5.74) is 4.68. The number of rotatable bonds is 5. The van der Waals surface area contributed by atoms with Crippen molar-refractivity contribution in [1.29, 1.82) is 0 Å². The van der Waals surface area contributed by atoms with Crippen molar-refractivity contribution in [2.75, 3.05) is 19.8 Å². The Morgan fingerprint density at radius 2 is 2.04 bits per heavy atom. The zero-order valence-corrected chi connectivity index (χ0v) is 16.5. The Morgan fingerprint density at radius 1 is 1.30 bits per heavy atom. The minimum atomic E-state index is -0.0827. The summed E-state index contributed by atoms with van der Waals surface area (Å²) in [4.78, 5) is 14.4. The van der Waals surface area contributed by atoms with E-state index in [0.717, 1.165) is 30.0 Å². The maximum absolute atomic E-state index is 12.5. The van der Waals surface area contributed by atoms with Crippen LogP contribution in [0.2, 0.25) is 5.02 Å². The van der Waals surface area contributed by atoms with Crippen LogP contribution >= 0.6 is 11.6 Å². The van der Waals surface area contributed by atoms with Crippen LogP contribution in [0, 0.1) is 0 Å². The molecule has 1 aromatic heterocycles. The number of aromatic nitrogens is 2. The highest BCUT2D eigenvalue weighted by molar-refractivity contribution is 6.30. The number of benzene rings is 1. The van der Waals surface area contributed by atoms with Gasteiger partial charge in [-0.2, -0.15) is 5.10 Å². The molecule has 1 N–H and O–H groups in total. The van der Waals surface area contributed by atoms with E-state index in [4.69, 9.17) is 21.4 Å². The molecule has 4 rings (SSSR count). The van der Waals surface area contributed by atoms with Gasteiger partial charge in [-0.25, -0.2) is 0 Å². The minimum absolute atomic E-state index is 0.0571.